The summed E-state index contributed by atoms with van der Waals surface area (Å²) in [4.78, 5) is 21.7. The Kier molecular flexibility index (Phi) is 11.7. The lowest BCUT2D eigenvalue weighted by molar-refractivity contribution is -0.139. The lowest BCUT2D eigenvalue weighted by atomic mass is 10.1. The summed E-state index contributed by atoms with van der Waals surface area (Å²) in [6.07, 6.45) is 10.1. The van der Waals surface area contributed by atoms with Crippen molar-refractivity contribution < 1.29 is 19.1 Å². The van der Waals surface area contributed by atoms with Crippen LogP contribution in [0.15, 0.2) is 0 Å². The molecular formula is C14H26O4. The smallest absolute Gasteiger partial charge is 0.437 e. The van der Waals surface area contributed by atoms with E-state index in [4.69, 9.17) is 0 Å². The van der Waals surface area contributed by atoms with Gasteiger partial charge in [0.05, 0.1) is 7.11 Å². The van der Waals surface area contributed by atoms with E-state index in [1.807, 2.05) is 0 Å². The number of unbranched alkanes of at least 4 members (excludes halogenated alkanes) is 8. The van der Waals surface area contributed by atoms with Crippen molar-refractivity contribution in [1.82, 2.24) is 0 Å². The van der Waals surface area contributed by atoms with E-state index in [1.165, 1.54) is 45.6 Å². The van der Waals surface area contributed by atoms with Crippen LogP contribution in [0.5, 0.6) is 0 Å². The van der Waals surface area contributed by atoms with Crippen molar-refractivity contribution in [3.63, 3.8) is 0 Å². The molecule has 0 aliphatic carbocycles. The number of hydrogen-bond acceptors (Lipinski definition) is 4. The van der Waals surface area contributed by atoms with Gasteiger partial charge in [-0.05, 0) is 6.42 Å². The maximum atomic E-state index is 11.1. The van der Waals surface area contributed by atoms with Gasteiger partial charge in [-0.1, -0.05) is 58.3 Å². The van der Waals surface area contributed by atoms with Gasteiger partial charge in [-0.3, -0.25) is 4.79 Å². The minimum absolute atomic E-state index is 0.297. The van der Waals surface area contributed by atoms with E-state index in [9.17, 15) is 9.59 Å². The van der Waals surface area contributed by atoms with Crippen LogP contribution < -0.4 is 0 Å². The molecule has 4 heteroatoms. The molecule has 0 N–H and O–H groups in total. The Labute approximate surface area is 110 Å². The lowest BCUT2D eigenvalue weighted by Crippen LogP contribution is -2.11. The average Bonchev–Trinajstić information content (AvgIpc) is 2.36. The summed E-state index contributed by atoms with van der Waals surface area (Å²) in [6.45, 7) is 2.22. The van der Waals surface area contributed by atoms with Crippen LogP contribution in [0.4, 0.5) is 4.79 Å². The second-order valence-electron chi connectivity index (χ2n) is 4.51. The molecule has 0 aromatic rings. The van der Waals surface area contributed by atoms with E-state index in [0.717, 1.165) is 19.3 Å². The molecule has 0 amide bonds. The zero-order valence-corrected chi connectivity index (χ0v) is 11.7. The molecule has 106 valence electrons. The highest BCUT2D eigenvalue weighted by atomic mass is 16.7. The highest BCUT2D eigenvalue weighted by molar-refractivity contribution is 5.81. The number of hydrogen-bond donors (Lipinski definition) is 0. The standard InChI is InChI=1S/C14H26O4/c1-3-4-5-6-7-8-9-10-11-12-13(15)18-14(16)17-2/h3-12H2,1-2H3. The predicted octanol–water partition coefficient (Wildman–Crippen LogP) is 4.22. The van der Waals surface area contributed by atoms with E-state index in [1.54, 1.807) is 0 Å². The van der Waals surface area contributed by atoms with Gasteiger partial charge >= 0.3 is 12.1 Å². The Bertz CT molecular complexity index is 226. The van der Waals surface area contributed by atoms with E-state index in [0.29, 0.717) is 6.42 Å². The zero-order valence-electron chi connectivity index (χ0n) is 11.7. The van der Waals surface area contributed by atoms with E-state index >= 15 is 0 Å². The van der Waals surface area contributed by atoms with E-state index in [2.05, 4.69) is 16.4 Å². The van der Waals surface area contributed by atoms with Gasteiger partial charge in [-0.15, -0.1) is 0 Å². The van der Waals surface area contributed by atoms with Gasteiger partial charge < -0.3 is 9.47 Å². The topological polar surface area (TPSA) is 52.6 Å². The van der Waals surface area contributed by atoms with E-state index < -0.39 is 12.1 Å². The van der Waals surface area contributed by atoms with Crippen molar-refractivity contribution in [3.05, 3.63) is 0 Å². The SMILES string of the molecule is CCCCCCCCCCCC(=O)OC(=O)OC. The van der Waals surface area contributed by atoms with Crippen LogP contribution in [-0.2, 0) is 14.3 Å². The maximum absolute atomic E-state index is 11.1. The van der Waals surface area contributed by atoms with Crippen molar-refractivity contribution in [2.75, 3.05) is 7.11 Å². The fourth-order valence-corrected chi connectivity index (χ4v) is 1.77. The van der Waals surface area contributed by atoms with E-state index in [-0.39, 0.29) is 0 Å². The first-order valence-electron chi connectivity index (χ1n) is 6.99. The van der Waals surface area contributed by atoms with Gasteiger partial charge in [0.15, 0.2) is 0 Å². The molecule has 0 fully saturated rings. The van der Waals surface area contributed by atoms with Crippen LogP contribution in [0.3, 0.4) is 0 Å². The summed E-state index contributed by atoms with van der Waals surface area (Å²) in [5.41, 5.74) is 0. The number of ether oxygens (including phenoxy) is 2. The van der Waals surface area contributed by atoms with Crippen molar-refractivity contribution in [3.8, 4) is 0 Å². The van der Waals surface area contributed by atoms with Crippen LogP contribution in [-0.4, -0.2) is 19.2 Å². The molecule has 4 nitrogen and oxygen atoms in total. The Hall–Kier alpha value is -1.06. The van der Waals surface area contributed by atoms with Crippen LogP contribution >= 0.6 is 0 Å². The molecule has 0 rings (SSSR count). The van der Waals surface area contributed by atoms with Crippen LogP contribution in [0.25, 0.3) is 0 Å². The molecular weight excluding hydrogens is 232 g/mol. The third-order valence-corrected chi connectivity index (χ3v) is 2.85. The second kappa shape index (κ2) is 12.4. The average molecular weight is 258 g/mol. The quantitative estimate of drug-likeness (QED) is 0.334. The normalized spacial score (nSPS) is 10.1. The summed E-state index contributed by atoms with van der Waals surface area (Å²) >= 11 is 0. The fraction of sp³-hybridized carbons (Fsp3) is 0.857. The van der Waals surface area contributed by atoms with Crippen molar-refractivity contribution >= 4 is 12.1 Å². The second-order valence-corrected chi connectivity index (χ2v) is 4.51. The Morgan fingerprint density at radius 3 is 1.83 bits per heavy atom. The van der Waals surface area contributed by atoms with Crippen LogP contribution in [0.2, 0.25) is 0 Å². The molecule has 0 heterocycles. The number of methoxy groups -OCH3 is 1. The maximum Gasteiger partial charge on any atom is 0.515 e. The largest absolute Gasteiger partial charge is 0.515 e. The minimum Gasteiger partial charge on any atom is -0.437 e. The Morgan fingerprint density at radius 1 is 0.833 bits per heavy atom. The molecule has 0 bridgehead atoms. The highest BCUT2D eigenvalue weighted by Gasteiger charge is 2.09. The number of carbonyl (C=O) groups excluding carboxylic acids is 2. The molecule has 0 saturated carbocycles. The molecule has 0 aliphatic rings. The zero-order chi connectivity index (χ0) is 13.6. The minimum atomic E-state index is -0.920. The predicted molar refractivity (Wildman–Crippen MR) is 70.3 cm³/mol. The van der Waals surface area contributed by atoms with Crippen molar-refractivity contribution in [2.24, 2.45) is 0 Å². The van der Waals surface area contributed by atoms with Crippen LogP contribution in [0.1, 0.15) is 71.1 Å². The first-order valence-corrected chi connectivity index (χ1v) is 6.99. The van der Waals surface area contributed by atoms with Crippen LogP contribution in [0, 0.1) is 0 Å². The summed E-state index contributed by atoms with van der Waals surface area (Å²) in [5, 5.41) is 0. The molecule has 0 unspecified atom stereocenters. The number of esters is 1. The highest BCUT2D eigenvalue weighted by Crippen LogP contribution is 2.10. The first kappa shape index (κ1) is 16.9. The summed E-state index contributed by atoms with van der Waals surface area (Å²) in [5.74, 6) is -0.496. The third kappa shape index (κ3) is 11.4. The van der Waals surface area contributed by atoms with Gasteiger partial charge in [0.2, 0.25) is 0 Å². The van der Waals surface area contributed by atoms with Gasteiger partial charge in [-0.25, -0.2) is 4.79 Å². The molecule has 0 atom stereocenters. The van der Waals surface area contributed by atoms with Crippen molar-refractivity contribution in [2.45, 2.75) is 71.1 Å². The third-order valence-electron chi connectivity index (χ3n) is 2.85. The molecule has 18 heavy (non-hydrogen) atoms. The Morgan fingerprint density at radius 2 is 1.33 bits per heavy atom. The molecule has 0 aromatic heterocycles. The monoisotopic (exact) mass is 258 g/mol. The molecule has 0 aromatic carbocycles. The molecule has 0 saturated heterocycles. The van der Waals surface area contributed by atoms with Crippen molar-refractivity contribution in [1.29, 1.82) is 0 Å². The Balaban J connectivity index is 3.20. The molecule has 0 spiro atoms. The molecule has 0 radical (unpaired) electrons. The number of carbonyl (C=O) groups is 2. The fourth-order valence-electron chi connectivity index (χ4n) is 1.77. The lowest BCUT2D eigenvalue weighted by Gasteiger charge is -2.02. The van der Waals surface area contributed by atoms with Gasteiger partial charge in [-0.2, -0.15) is 0 Å². The van der Waals surface area contributed by atoms with Gasteiger partial charge in [0.25, 0.3) is 0 Å². The first-order chi connectivity index (χ1) is 8.70. The molecule has 0 aliphatic heterocycles. The summed E-state index contributed by atoms with van der Waals surface area (Å²) in [6, 6.07) is 0. The van der Waals surface area contributed by atoms with Gasteiger partial charge in [0.1, 0.15) is 0 Å². The summed E-state index contributed by atoms with van der Waals surface area (Å²) < 4.78 is 8.60. The summed E-state index contributed by atoms with van der Waals surface area (Å²) in [7, 11) is 1.19. The number of rotatable bonds is 10. The van der Waals surface area contributed by atoms with Gasteiger partial charge in [0, 0.05) is 6.42 Å².